The van der Waals surface area contributed by atoms with E-state index in [-0.39, 0.29) is 102 Å². The Kier molecular flexibility index (Phi) is 35.2. The van der Waals surface area contributed by atoms with Crippen LogP contribution in [0.2, 0.25) is 0 Å². The zero-order valence-electron chi connectivity index (χ0n) is 61.6. The van der Waals surface area contributed by atoms with Crippen molar-refractivity contribution in [2.75, 3.05) is 39.3 Å². The Morgan fingerprint density at radius 2 is 1.02 bits per heavy atom. The number of amides is 12. The van der Waals surface area contributed by atoms with Crippen molar-refractivity contribution >= 4 is 93.7 Å². The van der Waals surface area contributed by atoms with Gasteiger partial charge in [-0.05, 0) is 106 Å². The fourth-order valence-electron chi connectivity index (χ4n) is 12.3. The van der Waals surface area contributed by atoms with E-state index >= 15 is 0 Å². The topological polar surface area (TPSA) is 586 Å². The molecule has 1 fully saturated rings. The Morgan fingerprint density at radius 3 is 1.56 bits per heavy atom. The number of aromatic amines is 3. The number of unbranched alkanes of at least 4 members (excludes halogenated alkanes) is 2. The highest BCUT2D eigenvalue weighted by Gasteiger charge is 2.41. The van der Waals surface area contributed by atoms with Crippen LogP contribution in [-0.2, 0) is 92.8 Å². The van der Waals surface area contributed by atoms with Crippen LogP contribution in [0.4, 0.5) is 0 Å². The summed E-state index contributed by atoms with van der Waals surface area (Å²) < 4.78 is 0. The molecule has 0 spiro atoms. The van der Waals surface area contributed by atoms with Gasteiger partial charge in [0.15, 0.2) is 0 Å². The van der Waals surface area contributed by atoms with E-state index in [1.165, 1.54) is 25.0 Å². The molecule has 109 heavy (non-hydrogen) atoms. The number of aliphatic carboxylic acids is 2. The number of imidazole rings is 2. The molecular formula is C72H104N20O17. The molecule has 1 saturated heterocycles. The lowest BCUT2D eigenvalue weighted by atomic mass is 10.00. The lowest BCUT2D eigenvalue weighted by Crippen LogP contribution is -2.59. The van der Waals surface area contributed by atoms with Crippen LogP contribution in [0, 0.1) is 11.8 Å². The van der Waals surface area contributed by atoms with Crippen LogP contribution in [0.25, 0.3) is 10.9 Å². The van der Waals surface area contributed by atoms with Crippen LogP contribution in [0.15, 0.2) is 85.8 Å². The largest absolute Gasteiger partial charge is 0.481 e. The average molecular weight is 1520 g/mol. The molecule has 0 saturated carbocycles. The molecule has 0 radical (unpaired) electrons. The molecule has 2 aromatic carbocycles. The van der Waals surface area contributed by atoms with E-state index < -0.39 is 175 Å². The van der Waals surface area contributed by atoms with E-state index in [0.29, 0.717) is 52.7 Å². The number of H-pyrrole nitrogens is 3. The van der Waals surface area contributed by atoms with E-state index in [0.717, 1.165) is 4.90 Å². The van der Waals surface area contributed by atoms with Crippen molar-refractivity contribution in [1.82, 2.24) is 88.3 Å². The summed E-state index contributed by atoms with van der Waals surface area (Å²) in [5.41, 5.74) is 20.3. The fourth-order valence-corrected chi connectivity index (χ4v) is 12.3. The van der Waals surface area contributed by atoms with Crippen molar-refractivity contribution in [2.45, 2.75) is 190 Å². The molecule has 23 N–H and O–H groups in total. The van der Waals surface area contributed by atoms with E-state index in [1.54, 1.807) is 88.5 Å². The Bertz CT molecular complexity index is 3860. The van der Waals surface area contributed by atoms with E-state index in [9.17, 15) is 82.4 Å². The summed E-state index contributed by atoms with van der Waals surface area (Å²) in [6.45, 7) is 5.19. The van der Waals surface area contributed by atoms with Gasteiger partial charge in [-0.15, -0.1) is 0 Å². The van der Waals surface area contributed by atoms with Crippen molar-refractivity contribution in [3.63, 3.8) is 0 Å². The smallest absolute Gasteiger partial charge is 0.326 e. The van der Waals surface area contributed by atoms with Crippen LogP contribution < -0.4 is 75.7 Å². The highest BCUT2D eigenvalue weighted by molar-refractivity contribution is 6.00. The first-order chi connectivity index (χ1) is 52.1. The fraction of sp³-hybridized carbons (Fsp3) is 0.528. The number of rotatable bonds is 47. The highest BCUT2D eigenvalue weighted by atomic mass is 16.4. The van der Waals surface area contributed by atoms with Crippen molar-refractivity contribution in [1.29, 1.82) is 0 Å². The second-order valence-electron chi connectivity index (χ2n) is 27.7. The zero-order chi connectivity index (χ0) is 79.7. The van der Waals surface area contributed by atoms with Gasteiger partial charge >= 0.3 is 11.9 Å². The summed E-state index contributed by atoms with van der Waals surface area (Å²) in [5.74, 6) is -13.8. The number of aliphatic hydroxyl groups excluding tert-OH is 1. The van der Waals surface area contributed by atoms with Gasteiger partial charge in [0, 0.05) is 73.1 Å². The van der Waals surface area contributed by atoms with Gasteiger partial charge in [0.05, 0.1) is 44.8 Å². The number of hydrogen-bond acceptors (Lipinski definition) is 20. The molecule has 3 aromatic heterocycles. The molecule has 4 heterocycles. The van der Waals surface area contributed by atoms with Crippen molar-refractivity contribution < 1.29 is 82.4 Å². The number of hydrogen-bond donors (Lipinski definition) is 20. The highest BCUT2D eigenvalue weighted by Crippen LogP contribution is 2.23. The normalized spacial score (nSPS) is 15.4. The van der Waals surface area contributed by atoms with Crippen LogP contribution in [0.3, 0.4) is 0 Å². The van der Waals surface area contributed by atoms with Crippen LogP contribution in [-0.4, -0.2) is 234 Å². The van der Waals surface area contributed by atoms with Crippen molar-refractivity contribution in [3.8, 4) is 0 Å². The number of carbonyl (C=O) groups is 14. The maximum absolute atomic E-state index is 14.8. The predicted molar refractivity (Wildman–Crippen MR) is 395 cm³/mol. The third-order valence-electron chi connectivity index (χ3n) is 17.9. The Balaban J connectivity index is 1.13. The maximum atomic E-state index is 14.8. The number of carboxylic acid groups (broad SMARTS) is 2. The second kappa shape index (κ2) is 44.2. The quantitative estimate of drug-likeness (QED) is 0.0170. The minimum absolute atomic E-state index is 0.000160. The molecule has 0 unspecified atom stereocenters. The molecule has 11 atom stereocenters. The third kappa shape index (κ3) is 28.5. The first kappa shape index (κ1) is 86.7. The molecule has 12 amide bonds. The molecule has 0 aliphatic carbocycles. The van der Waals surface area contributed by atoms with Gasteiger partial charge in [-0.25, -0.2) is 14.8 Å². The first-order valence-electron chi connectivity index (χ1n) is 36.4. The minimum atomic E-state index is -1.81. The number of aliphatic hydroxyl groups is 1. The van der Waals surface area contributed by atoms with Crippen LogP contribution >= 0.6 is 0 Å². The maximum Gasteiger partial charge on any atom is 0.326 e. The average Bonchev–Trinajstić information content (AvgIpc) is 1.71. The molecule has 0 bridgehead atoms. The lowest BCUT2D eigenvalue weighted by Gasteiger charge is -2.30. The van der Waals surface area contributed by atoms with Gasteiger partial charge < -0.3 is 111 Å². The van der Waals surface area contributed by atoms with Gasteiger partial charge in [0.2, 0.25) is 70.9 Å². The summed E-state index contributed by atoms with van der Waals surface area (Å²) in [6.07, 6.45) is 7.56. The van der Waals surface area contributed by atoms with Crippen LogP contribution in [0.5, 0.6) is 0 Å². The summed E-state index contributed by atoms with van der Waals surface area (Å²) in [6, 6.07) is 0.215. The van der Waals surface area contributed by atoms with Gasteiger partial charge in [0.1, 0.15) is 60.4 Å². The van der Waals surface area contributed by atoms with Gasteiger partial charge in [0.25, 0.3) is 0 Å². The van der Waals surface area contributed by atoms with Gasteiger partial charge in [-0.2, -0.15) is 0 Å². The molecule has 1 aliphatic rings. The van der Waals surface area contributed by atoms with E-state index in [2.05, 4.69) is 83.4 Å². The van der Waals surface area contributed by atoms with Gasteiger partial charge in [-0.1, -0.05) is 76.2 Å². The molecule has 37 heteroatoms. The van der Waals surface area contributed by atoms with Crippen LogP contribution in [0.1, 0.15) is 121 Å². The van der Waals surface area contributed by atoms with E-state index in [1.807, 2.05) is 0 Å². The molecule has 5 aromatic rings. The number of nitrogens with one attached hydrogen (secondary N) is 14. The monoisotopic (exact) mass is 1520 g/mol. The number of likely N-dealkylation sites (tertiary alicyclic amines) is 1. The third-order valence-corrected chi connectivity index (χ3v) is 17.9. The molecule has 37 nitrogen and oxygen atoms in total. The molecule has 594 valence electrons. The van der Waals surface area contributed by atoms with E-state index in [4.69, 9.17) is 17.2 Å². The first-order valence-corrected chi connectivity index (χ1v) is 36.4. The summed E-state index contributed by atoms with van der Waals surface area (Å²) in [5, 5.41) is 58.8. The summed E-state index contributed by atoms with van der Waals surface area (Å²) in [7, 11) is 0. The SMILES string of the molecule is CC(C)C[C@H](NC(=O)[C@H](Cc1c[nH]c2ccccc12)NC(=O)[C@H](CCCCN)NC(=O)CNC(=O)[C@H](CC(C)C)NC(=O)[C@H](CO)NC(=O)[C@@H](N)Cc1cnc[nH]1)C(=O)NCC(=O)N[C@@H](Cc1cnc[nH]1)C(=O)N1CCC[C@H]1C(=O)N[C@@H](CC(=O)O)C(=O)N[C@@H](CCCCN)C(=O)N[C@H](Cc1ccccc1)C(=O)O. The van der Waals surface area contributed by atoms with Crippen molar-refractivity contribution in [3.05, 3.63) is 108 Å². The number of nitrogens with zero attached hydrogens (tertiary/aromatic N) is 3. The Hall–Kier alpha value is -11.2. The Morgan fingerprint density at radius 1 is 0.523 bits per heavy atom. The molecule has 6 rings (SSSR count). The van der Waals surface area contributed by atoms with Crippen molar-refractivity contribution in [2.24, 2.45) is 29.0 Å². The number of carbonyl (C=O) groups excluding carboxylic acids is 12. The standard InChI is InChI=1S/C72H104N20O17/c1-40(2)25-51(63(99)80-36-60(95)84-55(30-45-34-77-39-82-45)71(107)92-24-14-21-58(92)70(106)89-54(31-61(96)97)68(104)85-50(20-11-13-23-74)66(102)90-56(72(108)109)27-42-15-6-5-7-16-42)86-67(103)53(28-43-32-78-48-18-9-8-17-46(43)48)88-65(101)49(19-10-12-22-73)83-59(94)35-79-64(100)52(26-41(3)4)87-69(105)57(37-93)91-62(98)47(75)29-44-33-76-38-81-44/h5-9,15-18,32-34,38-41,47,49-58,78,93H,10-14,19-31,35-37,73-75H2,1-4H3,(H,76,81)(H,77,82)(H,79,100)(H,80,99)(H,83,94)(H,84,95)(H,85,104)(H,86,103)(H,87,105)(H,88,101)(H,89,106)(H,90,102)(H,91,98)(H,96,97)(H,108,109)/t47-,49-,50-,51-,52-,53-,54-,55-,56+,57-,58-/m0/s1. The number of fused-ring (bicyclic) bond motifs is 1. The summed E-state index contributed by atoms with van der Waals surface area (Å²) in [4.78, 5) is 211. The molecular weight excluding hydrogens is 1420 g/mol. The number of carboxylic acids is 2. The number of para-hydroxylation sites is 1. The number of benzene rings is 2. The van der Waals surface area contributed by atoms with Gasteiger partial charge in [-0.3, -0.25) is 62.3 Å². The lowest BCUT2D eigenvalue weighted by molar-refractivity contribution is -0.144. The predicted octanol–water partition coefficient (Wildman–Crippen LogP) is -3.30. The zero-order valence-corrected chi connectivity index (χ0v) is 61.6. The second-order valence-corrected chi connectivity index (χ2v) is 27.7. The Labute approximate surface area is 629 Å². The number of nitrogens with two attached hydrogens (primary N) is 3. The summed E-state index contributed by atoms with van der Waals surface area (Å²) >= 11 is 0. The number of aromatic nitrogens is 5. The molecule has 1 aliphatic heterocycles. The minimum Gasteiger partial charge on any atom is -0.481 e.